The standard InChI is InChI=1S/C14H25NO/c1-6-7-11(9-12-8-10(12)2)13(16)15-14(3,4)5/h6,10-12H,1,7-9H2,2-5H3,(H,15,16). The summed E-state index contributed by atoms with van der Waals surface area (Å²) >= 11 is 0. The zero-order chi connectivity index (χ0) is 12.3. The van der Waals surface area contributed by atoms with Crippen molar-refractivity contribution in [1.82, 2.24) is 5.32 Å². The van der Waals surface area contributed by atoms with Crippen molar-refractivity contribution in [2.45, 2.75) is 52.5 Å². The largest absolute Gasteiger partial charge is 0.351 e. The minimum Gasteiger partial charge on any atom is -0.351 e. The molecule has 0 radical (unpaired) electrons. The van der Waals surface area contributed by atoms with E-state index in [0.29, 0.717) is 0 Å². The van der Waals surface area contributed by atoms with E-state index in [2.05, 4.69) is 18.8 Å². The second-order valence-electron chi connectivity index (χ2n) is 6.17. The maximum Gasteiger partial charge on any atom is 0.223 e. The van der Waals surface area contributed by atoms with E-state index in [1.54, 1.807) is 0 Å². The van der Waals surface area contributed by atoms with Crippen LogP contribution in [0.2, 0.25) is 0 Å². The van der Waals surface area contributed by atoms with Gasteiger partial charge in [0.15, 0.2) is 0 Å². The first-order valence-corrected chi connectivity index (χ1v) is 6.26. The monoisotopic (exact) mass is 223 g/mol. The zero-order valence-electron chi connectivity index (χ0n) is 11.0. The molecule has 2 nitrogen and oxygen atoms in total. The summed E-state index contributed by atoms with van der Waals surface area (Å²) in [5.41, 5.74) is -0.133. The first-order valence-electron chi connectivity index (χ1n) is 6.26. The van der Waals surface area contributed by atoms with Crippen LogP contribution in [-0.4, -0.2) is 11.4 Å². The Labute approximate surface area is 99.5 Å². The smallest absolute Gasteiger partial charge is 0.223 e. The number of amides is 1. The maximum absolute atomic E-state index is 12.1. The van der Waals surface area contributed by atoms with Gasteiger partial charge in [-0.1, -0.05) is 13.0 Å². The summed E-state index contributed by atoms with van der Waals surface area (Å²) in [6.45, 7) is 12.1. The van der Waals surface area contributed by atoms with Crippen molar-refractivity contribution in [3.05, 3.63) is 12.7 Å². The van der Waals surface area contributed by atoms with Gasteiger partial charge in [0.25, 0.3) is 0 Å². The molecule has 0 bridgehead atoms. The number of carbonyl (C=O) groups is 1. The van der Waals surface area contributed by atoms with E-state index in [0.717, 1.165) is 24.7 Å². The summed E-state index contributed by atoms with van der Waals surface area (Å²) in [5.74, 6) is 1.88. The Bertz CT molecular complexity index is 264. The van der Waals surface area contributed by atoms with Gasteiger partial charge in [-0.05, 0) is 51.9 Å². The highest BCUT2D eigenvalue weighted by Gasteiger charge is 2.36. The molecule has 1 aliphatic carbocycles. The van der Waals surface area contributed by atoms with Gasteiger partial charge in [0, 0.05) is 11.5 Å². The Morgan fingerprint density at radius 3 is 2.50 bits per heavy atom. The molecule has 0 aromatic rings. The summed E-state index contributed by atoms with van der Waals surface area (Å²) in [5, 5.41) is 3.07. The molecule has 1 saturated carbocycles. The topological polar surface area (TPSA) is 29.1 Å². The van der Waals surface area contributed by atoms with Gasteiger partial charge in [0.1, 0.15) is 0 Å². The van der Waals surface area contributed by atoms with Crippen LogP contribution in [0.4, 0.5) is 0 Å². The summed E-state index contributed by atoms with van der Waals surface area (Å²) in [4.78, 5) is 12.1. The molecule has 3 unspecified atom stereocenters. The van der Waals surface area contributed by atoms with Gasteiger partial charge in [-0.15, -0.1) is 6.58 Å². The lowest BCUT2D eigenvalue weighted by atomic mass is 9.95. The van der Waals surface area contributed by atoms with Gasteiger partial charge in [0.2, 0.25) is 5.91 Å². The van der Waals surface area contributed by atoms with Crippen LogP contribution in [0, 0.1) is 17.8 Å². The number of rotatable bonds is 5. The molecule has 1 N–H and O–H groups in total. The third kappa shape index (κ3) is 4.38. The van der Waals surface area contributed by atoms with E-state index in [1.165, 1.54) is 6.42 Å². The molecule has 0 spiro atoms. The Morgan fingerprint density at radius 2 is 2.12 bits per heavy atom. The highest BCUT2D eigenvalue weighted by Crippen LogP contribution is 2.43. The van der Waals surface area contributed by atoms with Gasteiger partial charge in [-0.25, -0.2) is 0 Å². The average Bonchev–Trinajstić information content (AvgIpc) is 2.78. The van der Waals surface area contributed by atoms with E-state index in [9.17, 15) is 4.79 Å². The minimum absolute atomic E-state index is 0.117. The molecule has 16 heavy (non-hydrogen) atoms. The fourth-order valence-corrected chi connectivity index (χ4v) is 2.08. The van der Waals surface area contributed by atoms with Crippen molar-refractivity contribution in [2.75, 3.05) is 0 Å². The molecule has 1 aliphatic rings. The molecule has 3 atom stereocenters. The van der Waals surface area contributed by atoms with Crippen LogP contribution >= 0.6 is 0 Å². The minimum atomic E-state index is -0.133. The van der Waals surface area contributed by atoms with Crippen LogP contribution in [0.3, 0.4) is 0 Å². The van der Waals surface area contributed by atoms with Crippen LogP contribution in [-0.2, 0) is 4.79 Å². The quantitative estimate of drug-likeness (QED) is 0.713. The second kappa shape index (κ2) is 5.03. The molecule has 0 aromatic carbocycles. The highest BCUT2D eigenvalue weighted by atomic mass is 16.2. The van der Waals surface area contributed by atoms with Crippen molar-refractivity contribution < 1.29 is 4.79 Å². The van der Waals surface area contributed by atoms with E-state index in [-0.39, 0.29) is 17.4 Å². The average molecular weight is 223 g/mol. The Hall–Kier alpha value is -0.790. The molecule has 92 valence electrons. The van der Waals surface area contributed by atoms with Crippen molar-refractivity contribution in [1.29, 1.82) is 0 Å². The Morgan fingerprint density at radius 1 is 1.56 bits per heavy atom. The predicted molar refractivity (Wildman–Crippen MR) is 68.1 cm³/mol. The number of carbonyl (C=O) groups excluding carboxylic acids is 1. The fourth-order valence-electron chi connectivity index (χ4n) is 2.08. The van der Waals surface area contributed by atoms with Crippen molar-refractivity contribution in [3.63, 3.8) is 0 Å². The third-order valence-electron chi connectivity index (χ3n) is 3.18. The lowest BCUT2D eigenvalue weighted by Gasteiger charge is -2.24. The fraction of sp³-hybridized carbons (Fsp3) is 0.786. The van der Waals surface area contributed by atoms with E-state index in [4.69, 9.17) is 0 Å². The van der Waals surface area contributed by atoms with E-state index >= 15 is 0 Å². The van der Waals surface area contributed by atoms with Crippen LogP contribution in [0.25, 0.3) is 0 Å². The van der Waals surface area contributed by atoms with Crippen molar-refractivity contribution >= 4 is 5.91 Å². The zero-order valence-corrected chi connectivity index (χ0v) is 11.0. The Balaban J connectivity index is 2.48. The second-order valence-corrected chi connectivity index (χ2v) is 6.17. The SMILES string of the molecule is C=CCC(CC1CC1C)C(=O)NC(C)(C)C. The lowest BCUT2D eigenvalue weighted by Crippen LogP contribution is -2.43. The summed E-state index contributed by atoms with van der Waals surface area (Å²) in [7, 11) is 0. The Kier molecular flexibility index (Phi) is 4.17. The lowest BCUT2D eigenvalue weighted by molar-refractivity contribution is -0.126. The number of hydrogen-bond donors (Lipinski definition) is 1. The molecular formula is C14H25NO. The molecule has 0 saturated heterocycles. The number of allylic oxidation sites excluding steroid dienone is 1. The summed E-state index contributed by atoms with van der Waals surface area (Å²) < 4.78 is 0. The van der Waals surface area contributed by atoms with Crippen LogP contribution in [0.5, 0.6) is 0 Å². The van der Waals surface area contributed by atoms with Gasteiger partial charge < -0.3 is 5.32 Å². The maximum atomic E-state index is 12.1. The third-order valence-corrected chi connectivity index (χ3v) is 3.18. The molecule has 2 heteroatoms. The first-order chi connectivity index (χ1) is 7.33. The van der Waals surface area contributed by atoms with Crippen LogP contribution in [0.15, 0.2) is 12.7 Å². The normalized spacial score (nSPS) is 26.0. The van der Waals surface area contributed by atoms with E-state index in [1.807, 2.05) is 26.8 Å². The molecule has 0 aromatic heterocycles. The van der Waals surface area contributed by atoms with Crippen molar-refractivity contribution in [3.8, 4) is 0 Å². The first kappa shape index (κ1) is 13.3. The van der Waals surface area contributed by atoms with Crippen LogP contribution < -0.4 is 5.32 Å². The van der Waals surface area contributed by atoms with Gasteiger partial charge in [-0.3, -0.25) is 4.79 Å². The molecule has 1 amide bonds. The van der Waals surface area contributed by atoms with Crippen molar-refractivity contribution in [2.24, 2.45) is 17.8 Å². The van der Waals surface area contributed by atoms with E-state index < -0.39 is 0 Å². The molecular weight excluding hydrogens is 198 g/mol. The van der Waals surface area contributed by atoms with Gasteiger partial charge >= 0.3 is 0 Å². The molecule has 0 heterocycles. The number of nitrogens with one attached hydrogen (secondary N) is 1. The highest BCUT2D eigenvalue weighted by molar-refractivity contribution is 5.79. The summed E-state index contributed by atoms with van der Waals surface area (Å²) in [6, 6.07) is 0. The molecule has 1 fully saturated rings. The molecule has 0 aliphatic heterocycles. The summed E-state index contributed by atoms with van der Waals surface area (Å²) in [6.07, 6.45) is 4.97. The van der Waals surface area contributed by atoms with Gasteiger partial charge in [-0.2, -0.15) is 0 Å². The number of hydrogen-bond acceptors (Lipinski definition) is 1. The predicted octanol–water partition coefficient (Wildman–Crippen LogP) is 3.14. The molecule has 1 rings (SSSR count). The van der Waals surface area contributed by atoms with Crippen LogP contribution in [0.1, 0.15) is 47.0 Å². The van der Waals surface area contributed by atoms with Gasteiger partial charge in [0.05, 0.1) is 0 Å².